The highest BCUT2D eigenvalue weighted by molar-refractivity contribution is 5.96. The summed E-state index contributed by atoms with van der Waals surface area (Å²) >= 11 is 0. The number of rotatable bonds is 6. The first kappa shape index (κ1) is 16.3. The molecule has 120 valence electrons. The fourth-order valence-electron chi connectivity index (χ4n) is 2.15. The van der Waals surface area contributed by atoms with Crippen LogP contribution in [0.2, 0.25) is 0 Å². The number of carboxylic acids is 1. The second-order valence-electron chi connectivity index (χ2n) is 4.79. The Hall–Kier alpha value is -2.12. The molecular weight excluding hydrogens is 290 g/mol. The third-order valence-corrected chi connectivity index (χ3v) is 3.33. The van der Waals surface area contributed by atoms with Crippen LogP contribution in [0.1, 0.15) is 10.4 Å². The van der Waals surface area contributed by atoms with E-state index in [-0.39, 0.29) is 19.1 Å². The van der Waals surface area contributed by atoms with Crippen molar-refractivity contribution in [2.75, 3.05) is 40.1 Å². The monoisotopic (exact) mass is 309 g/mol. The molecule has 1 saturated heterocycles. The second-order valence-corrected chi connectivity index (χ2v) is 4.79. The number of hydrogen-bond donors (Lipinski definition) is 1. The second kappa shape index (κ2) is 7.77. The third-order valence-electron chi connectivity index (χ3n) is 3.33. The van der Waals surface area contributed by atoms with Crippen LogP contribution in [0.15, 0.2) is 24.3 Å². The number of benzene rings is 1. The lowest BCUT2D eigenvalue weighted by molar-refractivity contribution is -0.147. The maximum Gasteiger partial charge on any atom is 0.328 e. The van der Waals surface area contributed by atoms with Gasteiger partial charge in [-0.1, -0.05) is 0 Å². The van der Waals surface area contributed by atoms with Crippen molar-refractivity contribution in [3.63, 3.8) is 0 Å². The first-order valence-corrected chi connectivity index (χ1v) is 6.97. The summed E-state index contributed by atoms with van der Waals surface area (Å²) in [6.45, 7) is 1.53. The van der Waals surface area contributed by atoms with Crippen molar-refractivity contribution in [2.45, 2.75) is 6.04 Å². The van der Waals surface area contributed by atoms with E-state index in [4.69, 9.17) is 19.3 Å². The Kier molecular flexibility index (Phi) is 5.74. The lowest BCUT2D eigenvalue weighted by atomic mass is 10.1. The molecule has 1 fully saturated rings. The number of methoxy groups -OCH3 is 1. The Labute approximate surface area is 128 Å². The van der Waals surface area contributed by atoms with E-state index in [2.05, 4.69) is 0 Å². The number of morpholine rings is 1. The van der Waals surface area contributed by atoms with Gasteiger partial charge < -0.3 is 24.2 Å². The van der Waals surface area contributed by atoms with Gasteiger partial charge in [0.15, 0.2) is 6.04 Å². The molecule has 7 heteroatoms. The molecule has 7 nitrogen and oxygen atoms in total. The summed E-state index contributed by atoms with van der Waals surface area (Å²) in [5, 5.41) is 9.16. The van der Waals surface area contributed by atoms with Gasteiger partial charge >= 0.3 is 5.97 Å². The Morgan fingerprint density at radius 2 is 2.05 bits per heavy atom. The van der Waals surface area contributed by atoms with Crippen LogP contribution in [0, 0.1) is 0 Å². The van der Waals surface area contributed by atoms with Gasteiger partial charge in [-0.25, -0.2) is 4.79 Å². The summed E-state index contributed by atoms with van der Waals surface area (Å²) in [7, 11) is 1.59. The molecule has 1 amide bonds. The highest BCUT2D eigenvalue weighted by Crippen LogP contribution is 2.16. The van der Waals surface area contributed by atoms with E-state index < -0.39 is 12.0 Å². The molecule has 0 radical (unpaired) electrons. The van der Waals surface area contributed by atoms with Crippen LogP contribution in [-0.4, -0.2) is 68.0 Å². The molecule has 1 atom stereocenters. The summed E-state index contributed by atoms with van der Waals surface area (Å²) in [5.41, 5.74) is 0.423. The molecule has 1 N–H and O–H groups in total. The van der Waals surface area contributed by atoms with Crippen LogP contribution in [-0.2, 0) is 14.3 Å². The van der Waals surface area contributed by atoms with E-state index in [1.165, 1.54) is 4.90 Å². The van der Waals surface area contributed by atoms with Crippen LogP contribution >= 0.6 is 0 Å². The minimum atomic E-state index is -1.06. The van der Waals surface area contributed by atoms with Gasteiger partial charge in [0.2, 0.25) is 0 Å². The van der Waals surface area contributed by atoms with Gasteiger partial charge in [0.05, 0.1) is 19.8 Å². The van der Waals surface area contributed by atoms with Crippen molar-refractivity contribution >= 4 is 11.9 Å². The Bertz CT molecular complexity index is 515. The number of amides is 1. The van der Waals surface area contributed by atoms with Crippen LogP contribution in [0.5, 0.6) is 5.75 Å². The van der Waals surface area contributed by atoms with Gasteiger partial charge in [-0.2, -0.15) is 0 Å². The highest BCUT2D eigenvalue weighted by Gasteiger charge is 2.33. The minimum absolute atomic E-state index is 0.0132. The predicted molar refractivity (Wildman–Crippen MR) is 77.1 cm³/mol. The molecule has 22 heavy (non-hydrogen) atoms. The topological polar surface area (TPSA) is 85.3 Å². The molecule has 0 aliphatic carbocycles. The van der Waals surface area contributed by atoms with Gasteiger partial charge in [-0.05, 0) is 24.3 Å². The molecule has 0 aromatic heterocycles. The van der Waals surface area contributed by atoms with E-state index in [9.17, 15) is 9.59 Å². The maximum atomic E-state index is 12.4. The molecule has 1 aliphatic heterocycles. The van der Waals surface area contributed by atoms with Crippen LogP contribution in [0.25, 0.3) is 0 Å². The standard InChI is InChI=1S/C15H19NO6/c1-20-8-9-22-12-4-2-11(3-5-12)14(17)16-6-7-21-10-13(16)15(18)19/h2-5,13H,6-10H2,1H3,(H,18,19). The molecule has 2 rings (SSSR count). The fraction of sp³-hybridized carbons (Fsp3) is 0.467. The van der Waals surface area contributed by atoms with Crippen LogP contribution in [0.4, 0.5) is 0 Å². The van der Waals surface area contributed by atoms with Gasteiger partial charge in [-0.15, -0.1) is 0 Å². The number of hydrogen-bond acceptors (Lipinski definition) is 5. The summed E-state index contributed by atoms with van der Waals surface area (Å²) in [6.07, 6.45) is 0. The molecular formula is C15H19NO6. The zero-order valence-electron chi connectivity index (χ0n) is 12.4. The molecule has 0 saturated carbocycles. The van der Waals surface area contributed by atoms with E-state index in [1.807, 2.05) is 0 Å². The normalized spacial score (nSPS) is 18.0. The zero-order chi connectivity index (χ0) is 15.9. The van der Waals surface area contributed by atoms with Crippen molar-refractivity contribution in [3.8, 4) is 5.75 Å². The van der Waals surface area contributed by atoms with Gasteiger partial charge in [0.1, 0.15) is 12.4 Å². The van der Waals surface area contributed by atoms with Crippen molar-refractivity contribution in [3.05, 3.63) is 29.8 Å². The van der Waals surface area contributed by atoms with E-state index >= 15 is 0 Å². The lowest BCUT2D eigenvalue weighted by Crippen LogP contribution is -2.52. The predicted octanol–water partition coefficient (Wildman–Crippen LogP) is 0.637. The SMILES string of the molecule is COCCOc1ccc(C(=O)N2CCOCC2C(=O)O)cc1. The molecule has 1 aromatic rings. The number of carbonyl (C=O) groups excluding carboxylic acids is 1. The summed E-state index contributed by atoms with van der Waals surface area (Å²) < 4.78 is 15.4. The van der Waals surface area contributed by atoms with Crippen molar-refractivity contribution < 1.29 is 28.9 Å². The highest BCUT2D eigenvalue weighted by atomic mass is 16.5. The Morgan fingerprint density at radius 1 is 1.32 bits per heavy atom. The average Bonchev–Trinajstić information content (AvgIpc) is 2.55. The number of ether oxygens (including phenoxy) is 3. The number of aliphatic carboxylic acids is 1. The average molecular weight is 309 g/mol. The Morgan fingerprint density at radius 3 is 2.68 bits per heavy atom. The van der Waals surface area contributed by atoms with E-state index in [0.717, 1.165) is 0 Å². The van der Waals surface area contributed by atoms with Crippen molar-refractivity contribution in [2.24, 2.45) is 0 Å². The van der Waals surface area contributed by atoms with Crippen LogP contribution < -0.4 is 4.74 Å². The lowest BCUT2D eigenvalue weighted by Gasteiger charge is -2.32. The Balaban J connectivity index is 2.03. The molecule has 0 bridgehead atoms. The molecule has 0 spiro atoms. The molecule has 1 unspecified atom stereocenters. The van der Waals surface area contributed by atoms with Gasteiger partial charge in [0.25, 0.3) is 5.91 Å². The number of nitrogens with zero attached hydrogens (tertiary/aromatic N) is 1. The van der Waals surface area contributed by atoms with Crippen molar-refractivity contribution in [1.29, 1.82) is 0 Å². The fourth-order valence-corrected chi connectivity index (χ4v) is 2.15. The summed E-state index contributed by atoms with van der Waals surface area (Å²) in [5.74, 6) is -0.753. The quantitative estimate of drug-likeness (QED) is 0.776. The molecule has 1 aliphatic rings. The molecule has 1 heterocycles. The number of carboxylic acid groups (broad SMARTS) is 1. The number of carbonyl (C=O) groups is 2. The van der Waals surface area contributed by atoms with E-state index in [1.54, 1.807) is 31.4 Å². The first-order valence-electron chi connectivity index (χ1n) is 6.97. The maximum absolute atomic E-state index is 12.4. The summed E-state index contributed by atoms with van der Waals surface area (Å²) in [4.78, 5) is 25.0. The van der Waals surface area contributed by atoms with Crippen LogP contribution in [0.3, 0.4) is 0 Å². The third kappa shape index (κ3) is 3.96. The van der Waals surface area contributed by atoms with Crippen molar-refractivity contribution in [1.82, 2.24) is 4.90 Å². The first-order chi connectivity index (χ1) is 10.6. The zero-order valence-corrected chi connectivity index (χ0v) is 12.4. The van der Waals surface area contributed by atoms with Gasteiger partial charge in [-0.3, -0.25) is 4.79 Å². The largest absolute Gasteiger partial charge is 0.491 e. The minimum Gasteiger partial charge on any atom is -0.491 e. The van der Waals surface area contributed by atoms with E-state index in [0.29, 0.717) is 31.1 Å². The van der Waals surface area contributed by atoms with Gasteiger partial charge in [0, 0.05) is 19.2 Å². The molecule has 1 aromatic carbocycles. The smallest absolute Gasteiger partial charge is 0.328 e. The summed E-state index contributed by atoms with van der Waals surface area (Å²) in [6, 6.07) is 5.66.